The summed E-state index contributed by atoms with van der Waals surface area (Å²) in [7, 11) is 0. The van der Waals surface area contributed by atoms with Crippen LogP contribution < -0.4 is 10.1 Å². The highest BCUT2D eigenvalue weighted by atomic mass is 16.5. The molecule has 3 nitrogen and oxygen atoms in total. The number of aliphatic hydroxyl groups is 1. The summed E-state index contributed by atoms with van der Waals surface area (Å²) >= 11 is 0. The first-order valence-electron chi connectivity index (χ1n) is 5.95. The molecule has 0 aliphatic carbocycles. The number of para-hydroxylation sites is 1. The van der Waals surface area contributed by atoms with E-state index in [9.17, 15) is 5.11 Å². The van der Waals surface area contributed by atoms with Crippen molar-refractivity contribution in [3.63, 3.8) is 0 Å². The van der Waals surface area contributed by atoms with E-state index in [1.807, 2.05) is 30.3 Å². The first kappa shape index (κ1) is 11.4. The minimum atomic E-state index is -0.286. The Balaban J connectivity index is 1.67. The van der Waals surface area contributed by atoms with Crippen LogP contribution in [0.5, 0.6) is 5.75 Å². The van der Waals surface area contributed by atoms with Crippen molar-refractivity contribution in [1.82, 2.24) is 5.32 Å². The van der Waals surface area contributed by atoms with Crippen molar-refractivity contribution >= 4 is 0 Å². The fraction of sp³-hybridized carbons (Fsp3) is 0.538. The SMILES string of the molecule is OC(CCOc1ccccc1)C1CCCN1. The highest BCUT2D eigenvalue weighted by Crippen LogP contribution is 2.13. The Kier molecular flexibility index (Phi) is 4.19. The van der Waals surface area contributed by atoms with E-state index in [2.05, 4.69) is 5.32 Å². The van der Waals surface area contributed by atoms with E-state index in [-0.39, 0.29) is 12.1 Å². The highest BCUT2D eigenvalue weighted by Gasteiger charge is 2.22. The Morgan fingerprint density at radius 1 is 1.38 bits per heavy atom. The van der Waals surface area contributed by atoms with Gasteiger partial charge in [-0.05, 0) is 31.5 Å². The molecule has 2 rings (SSSR count). The second-order valence-corrected chi connectivity index (χ2v) is 4.22. The van der Waals surface area contributed by atoms with Gasteiger partial charge in [-0.3, -0.25) is 0 Å². The van der Waals surface area contributed by atoms with Crippen LogP contribution in [0.25, 0.3) is 0 Å². The topological polar surface area (TPSA) is 41.5 Å². The van der Waals surface area contributed by atoms with Gasteiger partial charge in [-0.2, -0.15) is 0 Å². The van der Waals surface area contributed by atoms with Crippen molar-refractivity contribution in [3.05, 3.63) is 30.3 Å². The molecule has 1 aromatic rings. The van der Waals surface area contributed by atoms with Crippen molar-refractivity contribution in [2.45, 2.75) is 31.4 Å². The standard InChI is InChI=1S/C13H19NO2/c15-13(12-7-4-9-14-12)8-10-16-11-5-2-1-3-6-11/h1-3,5-6,12-15H,4,7-10H2. The number of nitrogens with one attached hydrogen (secondary N) is 1. The quantitative estimate of drug-likeness (QED) is 0.793. The Morgan fingerprint density at radius 3 is 2.88 bits per heavy atom. The van der Waals surface area contributed by atoms with Gasteiger partial charge in [-0.25, -0.2) is 0 Å². The van der Waals surface area contributed by atoms with E-state index in [4.69, 9.17) is 4.74 Å². The average molecular weight is 221 g/mol. The summed E-state index contributed by atoms with van der Waals surface area (Å²) in [5.41, 5.74) is 0. The number of hydrogen-bond acceptors (Lipinski definition) is 3. The van der Waals surface area contributed by atoms with Crippen LogP contribution in [0, 0.1) is 0 Å². The monoisotopic (exact) mass is 221 g/mol. The molecule has 0 aromatic heterocycles. The predicted molar refractivity (Wildman–Crippen MR) is 63.6 cm³/mol. The van der Waals surface area contributed by atoms with E-state index in [0.717, 1.165) is 18.7 Å². The molecule has 0 amide bonds. The van der Waals surface area contributed by atoms with Crippen LogP contribution in [-0.4, -0.2) is 30.4 Å². The second kappa shape index (κ2) is 5.87. The van der Waals surface area contributed by atoms with Gasteiger partial charge in [0, 0.05) is 12.5 Å². The van der Waals surface area contributed by atoms with Gasteiger partial charge >= 0.3 is 0 Å². The third-order valence-corrected chi connectivity index (χ3v) is 2.99. The lowest BCUT2D eigenvalue weighted by molar-refractivity contribution is 0.107. The van der Waals surface area contributed by atoms with Gasteiger partial charge in [0.2, 0.25) is 0 Å². The van der Waals surface area contributed by atoms with Gasteiger partial charge in [0.1, 0.15) is 5.75 Å². The van der Waals surface area contributed by atoms with Crippen molar-refractivity contribution in [1.29, 1.82) is 0 Å². The molecule has 2 atom stereocenters. The highest BCUT2D eigenvalue weighted by molar-refractivity contribution is 5.20. The van der Waals surface area contributed by atoms with Crippen molar-refractivity contribution < 1.29 is 9.84 Å². The van der Waals surface area contributed by atoms with Gasteiger partial charge in [0.15, 0.2) is 0 Å². The first-order valence-corrected chi connectivity index (χ1v) is 5.95. The first-order chi connectivity index (χ1) is 7.86. The predicted octanol–water partition coefficient (Wildman–Crippen LogP) is 1.57. The molecular weight excluding hydrogens is 202 g/mol. The van der Waals surface area contributed by atoms with Crippen LogP contribution in [0.3, 0.4) is 0 Å². The van der Waals surface area contributed by atoms with Crippen LogP contribution in [0.4, 0.5) is 0 Å². The molecule has 1 fully saturated rings. The lowest BCUT2D eigenvalue weighted by atomic mass is 10.1. The minimum Gasteiger partial charge on any atom is -0.493 e. The smallest absolute Gasteiger partial charge is 0.119 e. The Morgan fingerprint density at radius 2 is 2.19 bits per heavy atom. The molecule has 1 saturated heterocycles. The summed E-state index contributed by atoms with van der Waals surface area (Å²) in [4.78, 5) is 0. The lowest BCUT2D eigenvalue weighted by Gasteiger charge is -2.18. The number of aliphatic hydroxyl groups excluding tert-OH is 1. The van der Waals surface area contributed by atoms with Crippen LogP contribution in [0.15, 0.2) is 30.3 Å². The summed E-state index contributed by atoms with van der Waals surface area (Å²) in [6, 6.07) is 9.98. The molecule has 0 bridgehead atoms. The molecule has 0 radical (unpaired) electrons. The summed E-state index contributed by atoms with van der Waals surface area (Å²) in [5, 5.41) is 13.2. The second-order valence-electron chi connectivity index (χ2n) is 4.22. The summed E-state index contributed by atoms with van der Waals surface area (Å²) in [6.45, 7) is 1.60. The van der Waals surface area contributed by atoms with Crippen molar-refractivity contribution in [2.24, 2.45) is 0 Å². The lowest BCUT2D eigenvalue weighted by Crippen LogP contribution is -2.35. The van der Waals surface area contributed by atoms with E-state index in [0.29, 0.717) is 13.0 Å². The van der Waals surface area contributed by atoms with Crippen LogP contribution in [0.2, 0.25) is 0 Å². The van der Waals surface area contributed by atoms with Crippen molar-refractivity contribution in [2.75, 3.05) is 13.2 Å². The molecule has 1 heterocycles. The summed E-state index contributed by atoms with van der Waals surface area (Å²) in [6.07, 6.45) is 2.64. The largest absolute Gasteiger partial charge is 0.493 e. The summed E-state index contributed by atoms with van der Waals surface area (Å²) in [5.74, 6) is 0.870. The van der Waals surface area contributed by atoms with Crippen LogP contribution >= 0.6 is 0 Å². The van der Waals surface area contributed by atoms with Gasteiger partial charge in [0.05, 0.1) is 12.7 Å². The number of rotatable bonds is 5. The molecule has 0 spiro atoms. The minimum absolute atomic E-state index is 0.263. The van der Waals surface area contributed by atoms with E-state index < -0.39 is 0 Å². The van der Waals surface area contributed by atoms with E-state index in [1.54, 1.807) is 0 Å². The number of ether oxygens (including phenoxy) is 1. The molecular formula is C13H19NO2. The maximum Gasteiger partial charge on any atom is 0.119 e. The van der Waals surface area contributed by atoms with Crippen LogP contribution in [0.1, 0.15) is 19.3 Å². The molecule has 1 aromatic carbocycles. The maximum absolute atomic E-state index is 9.88. The molecule has 2 unspecified atom stereocenters. The zero-order chi connectivity index (χ0) is 11.2. The molecule has 16 heavy (non-hydrogen) atoms. The third kappa shape index (κ3) is 3.22. The van der Waals surface area contributed by atoms with Crippen molar-refractivity contribution in [3.8, 4) is 5.75 Å². The Hall–Kier alpha value is -1.06. The molecule has 1 aliphatic heterocycles. The summed E-state index contributed by atoms with van der Waals surface area (Å²) < 4.78 is 5.55. The van der Waals surface area contributed by atoms with Gasteiger partial charge in [-0.15, -0.1) is 0 Å². The normalized spacial score (nSPS) is 21.9. The molecule has 0 saturated carbocycles. The molecule has 88 valence electrons. The molecule has 2 N–H and O–H groups in total. The van der Waals surface area contributed by atoms with Gasteiger partial charge < -0.3 is 15.2 Å². The van der Waals surface area contributed by atoms with Crippen LogP contribution in [-0.2, 0) is 0 Å². The zero-order valence-corrected chi connectivity index (χ0v) is 9.43. The average Bonchev–Trinajstić information content (AvgIpc) is 2.84. The fourth-order valence-corrected chi connectivity index (χ4v) is 2.06. The van der Waals surface area contributed by atoms with E-state index in [1.165, 1.54) is 6.42 Å². The number of benzene rings is 1. The Bertz CT molecular complexity index is 296. The van der Waals surface area contributed by atoms with Gasteiger partial charge in [0.25, 0.3) is 0 Å². The van der Waals surface area contributed by atoms with E-state index >= 15 is 0 Å². The fourth-order valence-electron chi connectivity index (χ4n) is 2.06. The Labute approximate surface area is 96.4 Å². The van der Waals surface area contributed by atoms with Gasteiger partial charge in [-0.1, -0.05) is 18.2 Å². The number of hydrogen-bond donors (Lipinski definition) is 2. The molecule has 1 aliphatic rings. The maximum atomic E-state index is 9.88. The zero-order valence-electron chi connectivity index (χ0n) is 9.43. The third-order valence-electron chi connectivity index (χ3n) is 2.99. The molecule has 3 heteroatoms.